The Kier molecular flexibility index (Phi) is 11.0. The Balaban J connectivity index is 1.65. The maximum absolute atomic E-state index is 13.0. The van der Waals surface area contributed by atoms with E-state index in [1.807, 2.05) is 24.3 Å². The zero-order valence-corrected chi connectivity index (χ0v) is 22.4. The van der Waals surface area contributed by atoms with Crippen LogP contribution in [0.1, 0.15) is 24.0 Å². The maximum Gasteiger partial charge on any atom is 0.326 e. The molecule has 0 radical (unpaired) electrons. The Morgan fingerprint density at radius 3 is 2.07 bits per heavy atom. The number of aliphatic hydroxyl groups excluding tert-OH is 1. The number of carbonyl (C=O) groups is 5. The number of amides is 3. The van der Waals surface area contributed by atoms with E-state index in [0.29, 0.717) is 5.56 Å². The van der Waals surface area contributed by atoms with Gasteiger partial charge >= 0.3 is 11.9 Å². The van der Waals surface area contributed by atoms with Gasteiger partial charge in [0.1, 0.15) is 23.9 Å². The first-order valence-electron chi connectivity index (χ1n) is 13.0. The van der Waals surface area contributed by atoms with Crippen molar-refractivity contribution < 1.29 is 44.4 Å². The van der Waals surface area contributed by atoms with Gasteiger partial charge in [0.15, 0.2) is 0 Å². The maximum atomic E-state index is 13.0. The topological polar surface area (TPSA) is 244 Å². The van der Waals surface area contributed by atoms with Crippen molar-refractivity contribution in [3.05, 3.63) is 65.9 Å². The summed E-state index contributed by atoms with van der Waals surface area (Å²) in [6.45, 7) is -0.858. The monoisotopic (exact) mass is 583 g/mol. The summed E-state index contributed by atoms with van der Waals surface area (Å²) >= 11 is 0. The molecule has 0 aliphatic heterocycles. The van der Waals surface area contributed by atoms with Crippen molar-refractivity contribution in [3.63, 3.8) is 0 Å². The molecule has 4 unspecified atom stereocenters. The number of H-pyrrole nitrogens is 1. The average Bonchev–Trinajstić information content (AvgIpc) is 3.36. The van der Waals surface area contributed by atoms with Gasteiger partial charge in [-0.05, 0) is 42.2 Å². The first kappa shape index (κ1) is 31.6. The van der Waals surface area contributed by atoms with Gasteiger partial charge in [-0.15, -0.1) is 0 Å². The molecular formula is C28H33N5O9. The molecule has 3 amide bonds. The summed E-state index contributed by atoms with van der Waals surface area (Å²) in [5, 5.41) is 45.7. The van der Waals surface area contributed by atoms with Crippen molar-refractivity contribution in [2.45, 2.75) is 49.9 Å². The van der Waals surface area contributed by atoms with E-state index in [2.05, 4.69) is 20.9 Å². The number of phenolic OH excluding ortho intramolecular Hbond substituents is 1. The highest BCUT2D eigenvalue weighted by molar-refractivity contribution is 5.94. The summed E-state index contributed by atoms with van der Waals surface area (Å²) in [7, 11) is 0. The molecule has 3 aromatic rings. The number of para-hydroxylation sites is 1. The van der Waals surface area contributed by atoms with E-state index in [0.717, 1.165) is 16.5 Å². The van der Waals surface area contributed by atoms with Gasteiger partial charge in [-0.3, -0.25) is 19.2 Å². The molecule has 1 aromatic heterocycles. The number of benzene rings is 2. The second kappa shape index (κ2) is 14.6. The lowest BCUT2D eigenvalue weighted by atomic mass is 10.0. The van der Waals surface area contributed by atoms with E-state index >= 15 is 0 Å². The second-order valence-corrected chi connectivity index (χ2v) is 9.68. The van der Waals surface area contributed by atoms with E-state index in [1.54, 1.807) is 6.20 Å². The fourth-order valence-electron chi connectivity index (χ4n) is 4.25. The van der Waals surface area contributed by atoms with Crippen LogP contribution in [0.3, 0.4) is 0 Å². The number of aliphatic carboxylic acids is 2. The molecule has 14 heteroatoms. The Morgan fingerprint density at radius 2 is 1.43 bits per heavy atom. The fraction of sp³-hybridized carbons (Fsp3) is 0.321. The van der Waals surface area contributed by atoms with Crippen LogP contribution in [0, 0.1) is 0 Å². The molecule has 0 saturated carbocycles. The lowest BCUT2D eigenvalue weighted by Crippen LogP contribution is -2.58. The molecule has 0 spiro atoms. The summed E-state index contributed by atoms with van der Waals surface area (Å²) in [4.78, 5) is 64.7. The molecular weight excluding hydrogens is 550 g/mol. The van der Waals surface area contributed by atoms with Crippen molar-refractivity contribution in [1.29, 1.82) is 0 Å². The van der Waals surface area contributed by atoms with Crippen molar-refractivity contribution in [2.75, 3.05) is 6.61 Å². The van der Waals surface area contributed by atoms with Crippen molar-refractivity contribution in [3.8, 4) is 5.75 Å². The number of carboxylic acids is 2. The third-order valence-electron chi connectivity index (χ3n) is 6.54. The number of carboxylic acid groups (broad SMARTS) is 2. The normalized spacial score (nSPS) is 13.9. The number of phenols is 1. The highest BCUT2D eigenvalue weighted by atomic mass is 16.4. The van der Waals surface area contributed by atoms with Gasteiger partial charge in [0.05, 0.1) is 12.6 Å². The second-order valence-electron chi connectivity index (χ2n) is 9.68. The van der Waals surface area contributed by atoms with E-state index in [1.165, 1.54) is 24.3 Å². The van der Waals surface area contributed by atoms with Gasteiger partial charge in [0, 0.05) is 29.9 Å². The number of nitrogens with one attached hydrogen (secondary N) is 4. The summed E-state index contributed by atoms with van der Waals surface area (Å²) in [5.41, 5.74) is 8.16. The number of aromatic hydroxyl groups is 1. The van der Waals surface area contributed by atoms with Gasteiger partial charge in [0.25, 0.3) is 0 Å². The van der Waals surface area contributed by atoms with Crippen LogP contribution in [0.25, 0.3) is 10.9 Å². The smallest absolute Gasteiger partial charge is 0.326 e. The third kappa shape index (κ3) is 8.78. The molecule has 10 N–H and O–H groups in total. The van der Waals surface area contributed by atoms with Crippen molar-refractivity contribution >= 4 is 40.6 Å². The minimum Gasteiger partial charge on any atom is -0.508 e. The predicted molar refractivity (Wildman–Crippen MR) is 149 cm³/mol. The summed E-state index contributed by atoms with van der Waals surface area (Å²) < 4.78 is 0. The largest absolute Gasteiger partial charge is 0.508 e. The van der Waals surface area contributed by atoms with Gasteiger partial charge < -0.3 is 47.1 Å². The standard InChI is InChI=1S/C28H33N5O9/c29-19(12-16-13-30-20-4-2-1-3-18(16)20)25(38)33-23(14-34)27(40)31-21(9-10-24(36)37)26(39)32-22(28(41)42)11-15-5-7-17(35)8-6-15/h1-8,13,19,21-23,30,34-35H,9-12,14,29H2,(H,31,40)(H,32,39)(H,33,38)(H,36,37)(H,41,42). The zero-order chi connectivity index (χ0) is 30.8. The number of carbonyl (C=O) groups excluding carboxylic acids is 3. The predicted octanol–water partition coefficient (Wildman–Crippen LogP) is -0.618. The first-order valence-corrected chi connectivity index (χ1v) is 13.0. The average molecular weight is 584 g/mol. The van der Waals surface area contributed by atoms with Crippen LogP contribution in [-0.2, 0) is 36.8 Å². The molecule has 0 aliphatic carbocycles. The summed E-state index contributed by atoms with van der Waals surface area (Å²) in [6, 6.07) is 7.48. The van der Waals surface area contributed by atoms with Crippen LogP contribution >= 0.6 is 0 Å². The van der Waals surface area contributed by atoms with Crippen molar-refractivity contribution in [1.82, 2.24) is 20.9 Å². The fourth-order valence-corrected chi connectivity index (χ4v) is 4.25. The summed E-state index contributed by atoms with van der Waals surface area (Å²) in [5.74, 6) is -5.41. The van der Waals surface area contributed by atoms with E-state index in [-0.39, 0.29) is 18.6 Å². The molecule has 2 aromatic carbocycles. The minimum absolute atomic E-state index is 0.0319. The molecule has 0 saturated heterocycles. The summed E-state index contributed by atoms with van der Waals surface area (Å²) in [6.07, 6.45) is 0.734. The Labute approximate surface area is 239 Å². The lowest BCUT2D eigenvalue weighted by molar-refractivity contribution is -0.143. The number of aromatic nitrogens is 1. The molecule has 14 nitrogen and oxygen atoms in total. The van der Waals surface area contributed by atoms with Crippen LogP contribution in [0.2, 0.25) is 0 Å². The van der Waals surface area contributed by atoms with Gasteiger partial charge in [-0.25, -0.2) is 4.79 Å². The van der Waals surface area contributed by atoms with E-state index in [9.17, 15) is 39.3 Å². The number of nitrogens with two attached hydrogens (primary N) is 1. The highest BCUT2D eigenvalue weighted by Crippen LogP contribution is 2.19. The highest BCUT2D eigenvalue weighted by Gasteiger charge is 2.30. The molecule has 3 rings (SSSR count). The van der Waals surface area contributed by atoms with Crippen LogP contribution in [-0.4, -0.2) is 85.8 Å². The molecule has 224 valence electrons. The molecule has 42 heavy (non-hydrogen) atoms. The van der Waals surface area contributed by atoms with Crippen LogP contribution < -0.4 is 21.7 Å². The Morgan fingerprint density at radius 1 is 0.810 bits per heavy atom. The molecule has 0 fully saturated rings. The Hall–Kier alpha value is -4.95. The van der Waals surface area contributed by atoms with Gasteiger partial charge in [-0.2, -0.15) is 0 Å². The third-order valence-corrected chi connectivity index (χ3v) is 6.54. The van der Waals surface area contributed by atoms with E-state index < -0.39 is 73.3 Å². The molecule has 4 atom stereocenters. The quantitative estimate of drug-likeness (QED) is 0.110. The van der Waals surface area contributed by atoms with E-state index in [4.69, 9.17) is 10.8 Å². The molecule has 0 aliphatic rings. The lowest BCUT2D eigenvalue weighted by Gasteiger charge is -2.24. The van der Waals surface area contributed by atoms with Gasteiger partial charge in [0.2, 0.25) is 17.7 Å². The SMILES string of the molecule is NC(Cc1c[nH]c2ccccc12)C(=O)NC(CO)C(=O)NC(CCC(=O)O)C(=O)NC(Cc1ccc(O)cc1)C(=O)O. The van der Waals surface area contributed by atoms with Crippen LogP contribution in [0.5, 0.6) is 5.75 Å². The van der Waals surface area contributed by atoms with Crippen molar-refractivity contribution in [2.24, 2.45) is 5.73 Å². The number of rotatable bonds is 15. The number of fused-ring (bicyclic) bond motifs is 1. The zero-order valence-electron chi connectivity index (χ0n) is 22.4. The number of hydrogen-bond acceptors (Lipinski definition) is 8. The minimum atomic E-state index is -1.53. The number of aliphatic hydroxyl groups is 1. The van der Waals surface area contributed by atoms with Crippen LogP contribution in [0.4, 0.5) is 0 Å². The van der Waals surface area contributed by atoms with Gasteiger partial charge in [-0.1, -0.05) is 30.3 Å². The first-order chi connectivity index (χ1) is 20.0. The molecule has 0 bridgehead atoms. The Bertz CT molecular complexity index is 1420. The number of hydrogen-bond donors (Lipinski definition) is 9. The van der Waals surface area contributed by atoms with Crippen LogP contribution in [0.15, 0.2) is 54.7 Å². The molecule has 1 heterocycles. The number of aromatic amines is 1.